The van der Waals surface area contributed by atoms with E-state index in [1.54, 1.807) is 0 Å². The van der Waals surface area contributed by atoms with E-state index in [9.17, 15) is 0 Å². The molecule has 0 unspecified atom stereocenters. The molecular weight excluding hydrogens is 250 g/mol. The van der Waals surface area contributed by atoms with Crippen LogP contribution in [0.1, 0.15) is 0 Å². The highest BCUT2D eigenvalue weighted by molar-refractivity contribution is 7.26. The summed E-state index contributed by atoms with van der Waals surface area (Å²) in [5, 5.41) is 2.48. The maximum absolute atomic E-state index is 4.46. The smallest absolute Gasteiger partial charge is 0.0716 e. The van der Waals surface area contributed by atoms with Crippen LogP contribution in [-0.2, 0) is 0 Å². The molecule has 4 aromatic rings. The molecule has 0 atom stereocenters. The Morgan fingerprint density at radius 1 is 0.947 bits per heavy atom. The highest BCUT2D eigenvalue weighted by Crippen LogP contribution is 2.38. The van der Waals surface area contributed by atoms with Gasteiger partial charge < -0.3 is 0 Å². The molecule has 2 aromatic heterocycles. The van der Waals surface area contributed by atoms with Crippen LogP contribution < -0.4 is 0 Å². The number of thiophene rings is 1. The van der Waals surface area contributed by atoms with Crippen molar-refractivity contribution < 1.29 is 0 Å². The molecule has 1 radical (unpaired) electrons. The quantitative estimate of drug-likeness (QED) is 0.473. The first kappa shape index (κ1) is 10.7. The third-order valence-corrected chi connectivity index (χ3v) is 4.46. The van der Waals surface area contributed by atoms with Gasteiger partial charge in [0.2, 0.25) is 0 Å². The predicted octanol–water partition coefficient (Wildman–Crippen LogP) is 4.92. The Morgan fingerprint density at radius 2 is 1.84 bits per heavy atom. The molecular formula is C17H10NS. The Kier molecular flexibility index (Phi) is 2.35. The normalized spacial score (nSPS) is 11.2. The van der Waals surface area contributed by atoms with Gasteiger partial charge in [0.1, 0.15) is 0 Å². The second-order valence-corrected chi connectivity index (χ2v) is 5.46. The van der Waals surface area contributed by atoms with Gasteiger partial charge in [0.15, 0.2) is 0 Å². The van der Waals surface area contributed by atoms with E-state index in [0.29, 0.717) is 0 Å². The number of rotatable bonds is 1. The Hall–Kier alpha value is -2.19. The first-order valence-corrected chi connectivity index (χ1v) is 6.98. The van der Waals surface area contributed by atoms with E-state index >= 15 is 0 Å². The van der Waals surface area contributed by atoms with Crippen molar-refractivity contribution in [3.8, 4) is 11.3 Å². The predicted molar refractivity (Wildman–Crippen MR) is 81.4 cm³/mol. The number of fused-ring (bicyclic) bond motifs is 3. The van der Waals surface area contributed by atoms with Crippen molar-refractivity contribution in [1.29, 1.82) is 0 Å². The minimum Gasteiger partial charge on any atom is -0.256 e. The Bertz CT molecular complexity index is 862. The molecule has 0 aliphatic rings. The molecule has 2 aromatic carbocycles. The standard InChI is InChI=1S/C17H10NS/c1-2-10-16-12(6-1)13-7-5-8-14(17(13)19-16)15-9-3-4-11-18-15/h1-6,8-11H. The summed E-state index contributed by atoms with van der Waals surface area (Å²) in [7, 11) is 0. The molecule has 0 amide bonds. The van der Waals surface area contributed by atoms with Crippen LogP contribution in [-0.4, -0.2) is 4.98 Å². The van der Waals surface area contributed by atoms with Crippen molar-refractivity contribution in [2.24, 2.45) is 0 Å². The van der Waals surface area contributed by atoms with Crippen LogP contribution in [0.3, 0.4) is 0 Å². The van der Waals surface area contributed by atoms with Crippen molar-refractivity contribution in [3.63, 3.8) is 0 Å². The summed E-state index contributed by atoms with van der Waals surface area (Å²) in [6.07, 6.45) is 1.84. The zero-order valence-electron chi connectivity index (χ0n) is 10.1. The number of nitrogens with zero attached hydrogens (tertiary/aromatic N) is 1. The molecule has 0 fully saturated rings. The van der Waals surface area contributed by atoms with Crippen molar-refractivity contribution in [2.75, 3.05) is 0 Å². The number of hydrogen-bond donors (Lipinski definition) is 0. The van der Waals surface area contributed by atoms with Gasteiger partial charge in [0, 0.05) is 31.9 Å². The minimum atomic E-state index is 1.02. The lowest BCUT2D eigenvalue weighted by molar-refractivity contribution is 1.33. The van der Waals surface area contributed by atoms with Crippen molar-refractivity contribution in [2.45, 2.75) is 0 Å². The molecule has 0 aliphatic heterocycles. The van der Waals surface area contributed by atoms with E-state index in [0.717, 1.165) is 5.69 Å². The number of pyridine rings is 1. The van der Waals surface area contributed by atoms with Crippen molar-refractivity contribution in [1.82, 2.24) is 4.98 Å². The Morgan fingerprint density at radius 3 is 2.74 bits per heavy atom. The average Bonchev–Trinajstić information content (AvgIpc) is 2.87. The van der Waals surface area contributed by atoms with E-state index in [4.69, 9.17) is 0 Å². The third-order valence-electron chi connectivity index (χ3n) is 3.26. The molecule has 19 heavy (non-hydrogen) atoms. The number of aromatic nitrogens is 1. The van der Waals surface area contributed by atoms with Gasteiger partial charge in [0.05, 0.1) is 5.69 Å². The molecule has 1 nitrogen and oxygen atoms in total. The van der Waals surface area contributed by atoms with Crippen molar-refractivity contribution in [3.05, 3.63) is 66.9 Å². The Balaban J connectivity index is 2.13. The lowest BCUT2D eigenvalue weighted by atomic mass is 10.1. The fraction of sp³-hybridized carbons (Fsp3) is 0. The van der Waals surface area contributed by atoms with Gasteiger partial charge in [-0.2, -0.15) is 0 Å². The first-order chi connectivity index (χ1) is 9.43. The van der Waals surface area contributed by atoms with Crippen LogP contribution in [0.15, 0.2) is 60.8 Å². The molecule has 0 aliphatic carbocycles. The average molecular weight is 260 g/mol. The molecule has 0 saturated carbocycles. The maximum Gasteiger partial charge on any atom is 0.0716 e. The van der Waals surface area contributed by atoms with Gasteiger partial charge in [0.25, 0.3) is 0 Å². The summed E-state index contributed by atoms with van der Waals surface area (Å²) < 4.78 is 2.57. The van der Waals surface area contributed by atoms with Crippen LogP contribution in [0, 0.1) is 6.07 Å². The number of hydrogen-bond acceptors (Lipinski definition) is 2. The monoisotopic (exact) mass is 260 g/mol. The molecule has 0 spiro atoms. The molecule has 89 valence electrons. The lowest BCUT2D eigenvalue weighted by Gasteiger charge is -2.01. The zero-order valence-corrected chi connectivity index (χ0v) is 10.9. The fourth-order valence-electron chi connectivity index (χ4n) is 2.39. The Labute approximate surface area is 115 Å². The molecule has 0 saturated heterocycles. The van der Waals surface area contributed by atoms with E-state index in [1.165, 1.54) is 25.7 Å². The third kappa shape index (κ3) is 1.65. The summed E-state index contributed by atoms with van der Waals surface area (Å²) in [4.78, 5) is 4.46. The molecule has 2 heterocycles. The SMILES string of the molecule is [c]1ccc(-c2ccccn2)c2sc3ccccc3c12. The molecule has 0 bridgehead atoms. The van der Waals surface area contributed by atoms with E-state index in [-0.39, 0.29) is 0 Å². The second kappa shape index (κ2) is 4.18. The van der Waals surface area contributed by atoms with Crippen LogP contribution in [0.5, 0.6) is 0 Å². The van der Waals surface area contributed by atoms with Gasteiger partial charge in [-0.15, -0.1) is 11.3 Å². The van der Waals surface area contributed by atoms with E-state index in [1.807, 2.05) is 35.7 Å². The van der Waals surface area contributed by atoms with Crippen LogP contribution in [0.4, 0.5) is 0 Å². The van der Waals surface area contributed by atoms with Gasteiger partial charge >= 0.3 is 0 Å². The van der Waals surface area contributed by atoms with Gasteiger partial charge in [-0.05, 0) is 24.3 Å². The van der Waals surface area contributed by atoms with Crippen LogP contribution in [0.25, 0.3) is 31.4 Å². The largest absolute Gasteiger partial charge is 0.256 e. The summed E-state index contributed by atoms with van der Waals surface area (Å²) in [6, 6.07) is 22.0. The highest BCUT2D eigenvalue weighted by atomic mass is 32.1. The van der Waals surface area contributed by atoms with Crippen LogP contribution in [0.2, 0.25) is 0 Å². The summed E-state index contributed by atoms with van der Waals surface area (Å²) >= 11 is 1.81. The lowest BCUT2D eigenvalue weighted by Crippen LogP contribution is -1.81. The van der Waals surface area contributed by atoms with Crippen molar-refractivity contribution >= 4 is 31.5 Å². The molecule has 4 rings (SSSR count). The van der Waals surface area contributed by atoms with Crippen LogP contribution >= 0.6 is 11.3 Å². The summed E-state index contributed by atoms with van der Waals surface area (Å²) in [5.74, 6) is 0. The molecule has 2 heteroatoms. The highest BCUT2D eigenvalue weighted by Gasteiger charge is 2.10. The van der Waals surface area contributed by atoms with E-state index < -0.39 is 0 Å². The summed E-state index contributed by atoms with van der Waals surface area (Å²) in [5.41, 5.74) is 2.21. The number of benzene rings is 2. The topological polar surface area (TPSA) is 12.9 Å². The fourth-order valence-corrected chi connectivity index (χ4v) is 3.59. The first-order valence-electron chi connectivity index (χ1n) is 6.17. The van der Waals surface area contributed by atoms with E-state index in [2.05, 4.69) is 47.4 Å². The zero-order chi connectivity index (χ0) is 12.7. The van der Waals surface area contributed by atoms with Gasteiger partial charge in [-0.25, -0.2) is 0 Å². The molecule has 0 N–H and O–H groups in total. The second-order valence-electron chi connectivity index (χ2n) is 4.41. The minimum absolute atomic E-state index is 1.02. The maximum atomic E-state index is 4.46. The summed E-state index contributed by atoms with van der Waals surface area (Å²) in [6.45, 7) is 0. The van der Waals surface area contributed by atoms with Gasteiger partial charge in [-0.3, -0.25) is 4.98 Å². The van der Waals surface area contributed by atoms with Gasteiger partial charge in [-0.1, -0.05) is 36.4 Å².